The number of esters is 1. The van der Waals surface area contributed by atoms with Gasteiger partial charge in [-0.15, -0.1) is 0 Å². The third-order valence-corrected chi connectivity index (χ3v) is 14.4. The highest BCUT2D eigenvalue weighted by Gasteiger charge is 2.25. The Morgan fingerprint density at radius 2 is 0.732 bits per heavy atom. The van der Waals surface area contributed by atoms with Gasteiger partial charge in [-0.3, -0.25) is 10.1 Å². The van der Waals surface area contributed by atoms with Crippen LogP contribution in [-0.2, 0) is 9.53 Å². The Hall–Kier alpha value is -2.77. The van der Waals surface area contributed by atoms with E-state index in [2.05, 4.69) is 27.4 Å². The molecular weight excluding hydrogens is 883 g/mol. The van der Waals surface area contributed by atoms with E-state index in [-0.39, 0.29) is 11.4 Å². The van der Waals surface area contributed by atoms with Crippen LogP contribution in [0.3, 0.4) is 0 Å². The summed E-state index contributed by atoms with van der Waals surface area (Å²) in [4.78, 5) is 24.4. The molecule has 0 aliphatic rings. The summed E-state index contributed by atoms with van der Waals surface area (Å²) in [6.45, 7) is 11.3. The molecule has 1 aromatic carbocycles. The van der Waals surface area contributed by atoms with Crippen LogP contribution in [0.1, 0.15) is 329 Å². The van der Waals surface area contributed by atoms with E-state index in [0.29, 0.717) is 31.1 Å². The first kappa shape index (κ1) is 66.2. The van der Waals surface area contributed by atoms with Crippen molar-refractivity contribution in [2.75, 3.05) is 13.2 Å². The molecule has 0 N–H and O–H groups in total. The van der Waals surface area contributed by atoms with E-state index < -0.39 is 17.2 Å². The van der Waals surface area contributed by atoms with Crippen LogP contribution in [0.5, 0.6) is 17.2 Å². The second-order valence-corrected chi connectivity index (χ2v) is 21.3. The van der Waals surface area contributed by atoms with Gasteiger partial charge in [0.25, 0.3) is 5.69 Å². The Balaban J connectivity index is 2.72. The molecule has 1 atom stereocenters. The normalized spacial score (nSPS) is 11.8. The SMILES string of the molecule is C=CC(=O)OC(CCCCCCCCCCCCCCCCC)Oc1cc([N+](=O)[O-])cc(OCCCCCCCCCCCCCCCCCC)c1OCCCCCCCCCCCCCCCCCC. The van der Waals surface area contributed by atoms with Crippen LogP contribution in [0.15, 0.2) is 24.8 Å². The van der Waals surface area contributed by atoms with Crippen LogP contribution in [0, 0.1) is 10.1 Å². The predicted octanol–water partition coefficient (Wildman–Crippen LogP) is 21.6. The lowest BCUT2D eigenvalue weighted by Crippen LogP contribution is -2.24. The van der Waals surface area contributed by atoms with Crippen molar-refractivity contribution in [3.63, 3.8) is 0 Å². The van der Waals surface area contributed by atoms with Crippen molar-refractivity contribution in [3.8, 4) is 17.2 Å². The van der Waals surface area contributed by atoms with Crippen molar-refractivity contribution >= 4 is 11.7 Å². The number of rotatable bonds is 57. The molecule has 1 aromatic rings. The average molecular weight is 999 g/mol. The molecule has 0 aromatic heterocycles. The Morgan fingerprint density at radius 1 is 0.451 bits per heavy atom. The highest BCUT2D eigenvalue weighted by molar-refractivity contribution is 5.81. The number of nitrogens with zero attached hydrogens (tertiary/aromatic N) is 1. The second kappa shape index (κ2) is 52.1. The molecule has 0 fully saturated rings. The number of unbranched alkanes of at least 4 members (excludes halogenated alkanes) is 44. The number of benzene rings is 1. The summed E-state index contributed by atoms with van der Waals surface area (Å²) < 4.78 is 24.8. The molecule has 1 rings (SSSR count). The summed E-state index contributed by atoms with van der Waals surface area (Å²) in [6, 6.07) is 2.85. The van der Waals surface area contributed by atoms with Gasteiger partial charge >= 0.3 is 5.97 Å². The fourth-order valence-electron chi connectivity index (χ4n) is 9.81. The molecule has 0 aliphatic carbocycles. The predicted molar refractivity (Wildman–Crippen MR) is 303 cm³/mol. The summed E-state index contributed by atoms with van der Waals surface area (Å²) in [5.41, 5.74) is -0.141. The topological polar surface area (TPSA) is 97.1 Å². The molecule has 1 unspecified atom stereocenters. The van der Waals surface area contributed by atoms with Gasteiger partial charge in [0.15, 0.2) is 11.5 Å². The van der Waals surface area contributed by atoms with Crippen molar-refractivity contribution in [2.45, 2.75) is 335 Å². The molecule has 0 saturated carbocycles. The molecule has 0 saturated heterocycles. The highest BCUT2D eigenvalue weighted by atomic mass is 16.7. The quantitative estimate of drug-likeness (QED) is 0.0160. The van der Waals surface area contributed by atoms with Gasteiger partial charge in [-0.1, -0.05) is 310 Å². The van der Waals surface area contributed by atoms with Crippen LogP contribution < -0.4 is 14.2 Å². The zero-order valence-corrected chi connectivity index (χ0v) is 47.2. The number of nitro benzene ring substituents is 1. The minimum Gasteiger partial charge on any atom is -0.489 e. The molecule has 0 heterocycles. The van der Waals surface area contributed by atoms with Crippen molar-refractivity contribution in [2.24, 2.45) is 0 Å². The lowest BCUT2D eigenvalue weighted by Gasteiger charge is -2.22. The summed E-state index contributed by atoms with van der Waals surface area (Å²) >= 11 is 0. The van der Waals surface area contributed by atoms with E-state index in [0.717, 1.165) is 63.9 Å². The van der Waals surface area contributed by atoms with E-state index in [1.54, 1.807) is 0 Å². The molecule has 0 radical (unpaired) electrons. The third kappa shape index (κ3) is 42.3. The van der Waals surface area contributed by atoms with Crippen molar-refractivity contribution < 1.29 is 28.7 Å². The zero-order chi connectivity index (χ0) is 51.3. The van der Waals surface area contributed by atoms with Gasteiger partial charge < -0.3 is 18.9 Å². The smallest absolute Gasteiger partial charge is 0.333 e. The number of ether oxygens (including phenoxy) is 4. The van der Waals surface area contributed by atoms with Gasteiger partial charge in [0, 0.05) is 12.5 Å². The van der Waals surface area contributed by atoms with Gasteiger partial charge in [-0.05, 0) is 19.3 Å². The van der Waals surface area contributed by atoms with Gasteiger partial charge in [0.2, 0.25) is 12.0 Å². The number of non-ortho nitro benzene ring substituents is 1. The molecule has 71 heavy (non-hydrogen) atoms. The molecule has 8 heteroatoms. The monoisotopic (exact) mass is 998 g/mol. The molecular formula is C63H115NO7. The Bertz CT molecular complexity index is 1340. The fourth-order valence-corrected chi connectivity index (χ4v) is 9.81. The van der Waals surface area contributed by atoms with Crippen LogP contribution in [0.25, 0.3) is 0 Å². The minimum atomic E-state index is -0.935. The molecule has 0 aliphatic heterocycles. The number of hydrogen-bond donors (Lipinski definition) is 0. The Labute approximate surface area is 439 Å². The zero-order valence-electron chi connectivity index (χ0n) is 47.2. The third-order valence-electron chi connectivity index (χ3n) is 14.4. The van der Waals surface area contributed by atoms with Crippen molar-refractivity contribution in [1.29, 1.82) is 0 Å². The van der Waals surface area contributed by atoms with Gasteiger partial charge in [0.05, 0.1) is 30.3 Å². The molecule has 414 valence electrons. The van der Waals surface area contributed by atoms with Crippen LogP contribution in [0.4, 0.5) is 5.69 Å². The lowest BCUT2D eigenvalue weighted by molar-refractivity contribution is -0.385. The number of carbonyl (C=O) groups excluding carboxylic acids is 1. The molecule has 0 spiro atoms. The number of carbonyl (C=O) groups is 1. The Kier molecular flexibility index (Phi) is 48.6. The molecule has 0 bridgehead atoms. The summed E-state index contributed by atoms with van der Waals surface area (Å²) in [6.07, 6.45) is 60.9. The first-order chi connectivity index (χ1) is 35.0. The van der Waals surface area contributed by atoms with E-state index in [1.165, 1.54) is 256 Å². The summed E-state index contributed by atoms with van der Waals surface area (Å²) in [5, 5.41) is 12.3. The highest BCUT2D eigenvalue weighted by Crippen LogP contribution is 2.42. The second-order valence-electron chi connectivity index (χ2n) is 21.3. The average Bonchev–Trinajstić information content (AvgIpc) is 3.37. The standard InChI is InChI=1S/C63H115NO7/c1-5-9-12-15-18-21-24-27-30-33-36-39-42-45-48-51-54-68-59-56-58(64(66)67)57-60(63(59)69-55-52-49-46-43-40-37-34-31-28-25-22-19-16-13-10-6-2)70-62(71-61(65)8-4)53-50-47-44-41-38-35-32-29-26-23-20-17-14-11-7-3/h8,56-57,62H,4-7,9-55H2,1-3H3. The van der Waals surface area contributed by atoms with Crippen LogP contribution in [-0.4, -0.2) is 30.4 Å². The number of hydrogen-bond acceptors (Lipinski definition) is 7. The summed E-state index contributed by atoms with van der Waals surface area (Å²) in [5.74, 6) is 0.258. The van der Waals surface area contributed by atoms with Crippen LogP contribution in [0.2, 0.25) is 0 Å². The van der Waals surface area contributed by atoms with Crippen LogP contribution >= 0.6 is 0 Å². The first-order valence-electron chi connectivity index (χ1n) is 31.0. The van der Waals surface area contributed by atoms with E-state index >= 15 is 0 Å². The largest absolute Gasteiger partial charge is 0.489 e. The summed E-state index contributed by atoms with van der Waals surface area (Å²) in [7, 11) is 0. The molecule has 8 nitrogen and oxygen atoms in total. The minimum absolute atomic E-state index is 0.141. The maximum atomic E-state index is 12.5. The fraction of sp³-hybridized carbons (Fsp3) is 0.857. The first-order valence-corrected chi connectivity index (χ1v) is 31.0. The number of nitro groups is 1. The van der Waals surface area contributed by atoms with Crippen molar-refractivity contribution in [1.82, 2.24) is 0 Å². The van der Waals surface area contributed by atoms with Crippen molar-refractivity contribution in [3.05, 3.63) is 34.9 Å². The van der Waals surface area contributed by atoms with E-state index in [4.69, 9.17) is 18.9 Å². The van der Waals surface area contributed by atoms with Gasteiger partial charge in [-0.25, -0.2) is 4.79 Å². The molecule has 0 amide bonds. The van der Waals surface area contributed by atoms with Gasteiger partial charge in [-0.2, -0.15) is 0 Å². The lowest BCUT2D eigenvalue weighted by atomic mass is 10.0. The maximum Gasteiger partial charge on any atom is 0.333 e. The Morgan fingerprint density at radius 3 is 1.04 bits per heavy atom. The van der Waals surface area contributed by atoms with Gasteiger partial charge in [0.1, 0.15) is 0 Å². The van der Waals surface area contributed by atoms with E-state index in [1.807, 2.05) is 0 Å². The van der Waals surface area contributed by atoms with E-state index in [9.17, 15) is 14.9 Å². The maximum absolute atomic E-state index is 12.5.